The highest BCUT2D eigenvalue weighted by atomic mass is 16.5. The van der Waals surface area contributed by atoms with Crippen molar-refractivity contribution in [3.05, 3.63) is 10.6 Å². The number of H-pyrrole nitrogens is 1. The monoisotopic (exact) mass is 552 g/mol. The highest BCUT2D eigenvalue weighted by molar-refractivity contribution is 5.87. The summed E-state index contributed by atoms with van der Waals surface area (Å²) in [4.78, 5) is 31.8. The van der Waals surface area contributed by atoms with E-state index in [2.05, 4.69) is 52.6 Å². The standard InChI is InChI=1S/C29H44N8O3/c1-17(2)14-22-16-39-13-12-36(22)28-33-25-23(37(28)15-20-10-8-18(3)9-11-20)24(30-19(4)21-6-5-7-21)31-26(32-25)27-34-29(38)40-35-27/h17-22H,5-16H2,1-4H3,(H,30,31,32)(H,34,35,38)/t18?,19-,20?,22?/m1/s1. The van der Waals surface area contributed by atoms with E-state index in [1.54, 1.807) is 0 Å². The molecule has 0 amide bonds. The van der Waals surface area contributed by atoms with Gasteiger partial charge in [-0.25, -0.2) is 14.8 Å². The van der Waals surface area contributed by atoms with E-state index in [1.807, 2.05) is 0 Å². The minimum atomic E-state index is -0.626. The van der Waals surface area contributed by atoms with Crippen LogP contribution in [0.15, 0.2) is 9.32 Å². The van der Waals surface area contributed by atoms with Gasteiger partial charge < -0.3 is 19.5 Å². The summed E-state index contributed by atoms with van der Waals surface area (Å²) in [6, 6.07) is 0.510. The van der Waals surface area contributed by atoms with Crippen LogP contribution in [0.4, 0.5) is 11.8 Å². The summed E-state index contributed by atoms with van der Waals surface area (Å²) in [5.74, 6) is 4.13. The molecule has 2 N–H and O–H groups in total. The molecular formula is C29H44N8O3. The average molecular weight is 553 g/mol. The number of nitrogens with one attached hydrogen (secondary N) is 2. The van der Waals surface area contributed by atoms with Gasteiger partial charge in [-0.3, -0.25) is 9.51 Å². The van der Waals surface area contributed by atoms with Crippen LogP contribution in [0.1, 0.15) is 79.1 Å². The Morgan fingerprint density at radius 2 is 1.88 bits per heavy atom. The largest absolute Gasteiger partial charge is 0.439 e. The number of aromatic amines is 1. The fourth-order valence-electron chi connectivity index (χ4n) is 6.65. The van der Waals surface area contributed by atoms with Crippen LogP contribution in [0.5, 0.6) is 0 Å². The molecule has 11 heteroatoms. The molecule has 2 atom stereocenters. The Balaban J connectivity index is 1.48. The van der Waals surface area contributed by atoms with Crippen LogP contribution in [-0.2, 0) is 11.3 Å². The lowest BCUT2D eigenvalue weighted by Crippen LogP contribution is -2.47. The third-order valence-corrected chi connectivity index (χ3v) is 9.26. The highest BCUT2D eigenvalue weighted by Gasteiger charge is 2.33. The summed E-state index contributed by atoms with van der Waals surface area (Å²) in [5.41, 5.74) is 1.55. The zero-order valence-corrected chi connectivity index (χ0v) is 24.4. The van der Waals surface area contributed by atoms with Gasteiger partial charge in [0.2, 0.25) is 17.6 Å². The number of hydrogen-bond donors (Lipinski definition) is 2. The van der Waals surface area contributed by atoms with Crippen LogP contribution in [0.3, 0.4) is 0 Å². The molecule has 1 aliphatic heterocycles. The predicted octanol–water partition coefficient (Wildman–Crippen LogP) is 4.85. The molecule has 11 nitrogen and oxygen atoms in total. The molecule has 3 fully saturated rings. The molecule has 1 saturated heterocycles. The van der Waals surface area contributed by atoms with Crippen molar-refractivity contribution in [1.82, 2.24) is 29.7 Å². The third kappa shape index (κ3) is 5.62. The van der Waals surface area contributed by atoms with E-state index in [0.29, 0.717) is 42.4 Å². The van der Waals surface area contributed by atoms with Gasteiger partial charge in [-0.05, 0) is 62.7 Å². The molecule has 0 spiro atoms. The molecule has 3 aliphatic rings. The third-order valence-electron chi connectivity index (χ3n) is 9.26. The van der Waals surface area contributed by atoms with E-state index in [-0.39, 0.29) is 17.9 Å². The lowest BCUT2D eigenvalue weighted by molar-refractivity contribution is 0.0863. The molecule has 3 aromatic heterocycles. The van der Waals surface area contributed by atoms with Crippen molar-refractivity contribution in [2.45, 2.75) is 97.7 Å². The molecular weight excluding hydrogens is 508 g/mol. The van der Waals surface area contributed by atoms with Gasteiger partial charge >= 0.3 is 5.76 Å². The normalized spacial score (nSPS) is 24.9. The molecule has 6 rings (SSSR count). The number of rotatable bonds is 9. The Morgan fingerprint density at radius 1 is 1.07 bits per heavy atom. The van der Waals surface area contributed by atoms with Crippen LogP contribution < -0.4 is 16.0 Å². The Kier molecular flexibility index (Phi) is 7.83. The number of ether oxygens (including phenoxy) is 1. The molecule has 0 radical (unpaired) electrons. The Hall–Kier alpha value is -2.95. The topological polar surface area (TPSA) is 127 Å². The van der Waals surface area contributed by atoms with Crippen molar-refractivity contribution in [3.8, 4) is 11.6 Å². The molecule has 1 unspecified atom stereocenters. The first kappa shape index (κ1) is 27.2. The van der Waals surface area contributed by atoms with Crippen molar-refractivity contribution in [3.63, 3.8) is 0 Å². The lowest BCUT2D eigenvalue weighted by atomic mass is 9.80. The minimum absolute atomic E-state index is 0.215. The van der Waals surface area contributed by atoms with E-state index in [9.17, 15) is 4.79 Å². The van der Waals surface area contributed by atoms with Crippen molar-refractivity contribution < 1.29 is 9.26 Å². The van der Waals surface area contributed by atoms with E-state index in [4.69, 9.17) is 24.2 Å². The molecule has 3 aromatic rings. The number of aromatic nitrogens is 6. The van der Waals surface area contributed by atoms with Crippen molar-refractivity contribution in [2.75, 3.05) is 30.0 Å². The number of anilines is 2. The van der Waals surface area contributed by atoms with Crippen molar-refractivity contribution in [2.24, 2.45) is 23.7 Å². The molecule has 40 heavy (non-hydrogen) atoms. The van der Waals surface area contributed by atoms with Gasteiger partial charge in [0.1, 0.15) is 5.52 Å². The summed E-state index contributed by atoms with van der Waals surface area (Å²) in [5, 5.41) is 7.63. The smallest absolute Gasteiger partial charge is 0.377 e. The summed E-state index contributed by atoms with van der Waals surface area (Å²) in [6.45, 7) is 12.2. The first-order chi connectivity index (χ1) is 19.4. The van der Waals surface area contributed by atoms with E-state index >= 15 is 0 Å². The Bertz CT molecular complexity index is 1350. The number of morpholine rings is 1. The second-order valence-electron chi connectivity index (χ2n) is 12.8. The summed E-state index contributed by atoms with van der Waals surface area (Å²) >= 11 is 0. The van der Waals surface area contributed by atoms with Crippen LogP contribution in [0.25, 0.3) is 22.8 Å². The zero-order valence-electron chi connectivity index (χ0n) is 24.4. The Morgan fingerprint density at radius 3 is 2.55 bits per heavy atom. The first-order valence-corrected chi connectivity index (χ1v) is 15.3. The quantitative estimate of drug-likeness (QED) is 0.383. The van der Waals surface area contributed by atoms with Crippen molar-refractivity contribution in [1.29, 1.82) is 0 Å². The number of nitrogens with zero attached hydrogens (tertiary/aromatic N) is 6. The highest BCUT2D eigenvalue weighted by Crippen LogP contribution is 2.37. The second-order valence-corrected chi connectivity index (χ2v) is 12.8. The van der Waals surface area contributed by atoms with Crippen LogP contribution >= 0.6 is 0 Å². The van der Waals surface area contributed by atoms with Crippen LogP contribution in [0, 0.1) is 23.7 Å². The van der Waals surface area contributed by atoms with Gasteiger partial charge in [0, 0.05) is 19.1 Å². The maximum absolute atomic E-state index is 11.8. The van der Waals surface area contributed by atoms with E-state index in [1.165, 1.54) is 44.9 Å². The number of hydrogen-bond acceptors (Lipinski definition) is 9. The number of fused-ring (bicyclic) bond motifs is 1. The number of imidazole rings is 1. The maximum atomic E-state index is 11.8. The molecule has 2 saturated carbocycles. The molecule has 4 heterocycles. The van der Waals surface area contributed by atoms with Crippen LogP contribution in [-0.4, -0.2) is 61.5 Å². The molecule has 218 valence electrons. The summed E-state index contributed by atoms with van der Waals surface area (Å²) in [7, 11) is 0. The van der Waals surface area contributed by atoms with Gasteiger partial charge in [-0.1, -0.05) is 45.2 Å². The molecule has 2 aliphatic carbocycles. The summed E-state index contributed by atoms with van der Waals surface area (Å²) < 4.78 is 13.1. The Labute approximate surface area is 235 Å². The van der Waals surface area contributed by atoms with E-state index < -0.39 is 5.76 Å². The van der Waals surface area contributed by atoms with Gasteiger partial charge in [-0.15, -0.1) is 0 Å². The second kappa shape index (κ2) is 11.5. The SMILES string of the molecule is CC(C)CC1COCCN1c1nc2nc(-c3noc(=O)[nH]3)nc(N[C@H](C)C3CCC3)c2n1CC1CCC(C)CC1. The molecule has 0 aromatic carbocycles. The van der Waals surface area contributed by atoms with E-state index in [0.717, 1.165) is 42.7 Å². The van der Waals surface area contributed by atoms with Gasteiger partial charge in [0.05, 0.1) is 19.3 Å². The first-order valence-electron chi connectivity index (χ1n) is 15.3. The fraction of sp³-hybridized carbons (Fsp3) is 0.759. The van der Waals surface area contributed by atoms with Gasteiger partial charge in [0.15, 0.2) is 11.5 Å². The maximum Gasteiger partial charge on any atom is 0.439 e. The van der Waals surface area contributed by atoms with Gasteiger partial charge in [-0.2, -0.15) is 4.98 Å². The van der Waals surface area contributed by atoms with Crippen LogP contribution in [0.2, 0.25) is 0 Å². The summed E-state index contributed by atoms with van der Waals surface area (Å²) in [6.07, 6.45) is 9.73. The fourth-order valence-corrected chi connectivity index (χ4v) is 6.65. The average Bonchev–Trinajstić information content (AvgIpc) is 3.48. The minimum Gasteiger partial charge on any atom is -0.377 e. The zero-order chi connectivity index (χ0) is 27.8. The lowest BCUT2D eigenvalue weighted by Gasteiger charge is -2.38. The molecule has 0 bridgehead atoms. The van der Waals surface area contributed by atoms with Crippen molar-refractivity contribution >= 4 is 22.9 Å². The van der Waals surface area contributed by atoms with Gasteiger partial charge in [0.25, 0.3) is 0 Å². The predicted molar refractivity (Wildman–Crippen MR) is 154 cm³/mol.